The lowest BCUT2D eigenvalue weighted by Crippen LogP contribution is -2.26. The third-order valence-corrected chi connectivity index (χ3v) is 4.22. The molecule has 1 aromatic rings. The minimum Gasteiger partial charge on any atom is -0.369 e. The van der Waals surface area contributed by atoms with E-state index in [0.717, 1.165) is 18.5 Å². The fourth-order valence-corrected chi connectivity index (χ4v) is 3.01. The summed E-state index contributed by atoms with van der Waals surface area (Å²) in [5.74, 6) is 0.830. The van der Waals surface area contributed by atoms with E-state index < -0.39 is 0 Å². The fraction of sp³-hybridized carbons (Fsp3) is 0.625. The average molecular weight is 244 g/mol. The summed E-state index contributed by atoms with van der Waals surface area (Å²) in [4.78, 5) is 2.54. The van der Waals surface area contributed by atoms with Crippen molar-refractivity contribution in [2.75, 3.05) is 11.4 Å². The molecular weight excluding hydrogens is 220 g/mol. The summed E-state index contributed by atoms with van der Waals surface area (Å²) < 4.78 is 0. The highest BCUT2D eigenvalue weighted by Crippen LogP contribution is 2.28. The molecule has 1 aliphatic carbocycles. The van der Waals surface area contributed by atoms with E-state index in [-0.39, 0.29) is 0 Å². The summed E-state index contributed by atoms with van der Waals surface area (Å²) >= 11 is 0. The molecule has 2 fully saturated rings. The quantitative estimate of drug-likeness (QED) is 0.875. The number of hydrogen-bond acceptors (Lipinski definition) is 2. The second-order valence-corrected chi connectivity index (χ2v) is 6.16. The Bertz CT molecular complexity index is 394. The highest BCUT2D eigenvalue weighted by molar-refractivity contribution is 5.49. The Morgan fingerprint density at radius 1 is 1.17 bits per heavy atom. The van der Waals surface area contributed by atoms with Crippen molar-refractivity contribution < 1.29 is 0 Å². The van der Waals surface area contributed by atoms with Crippen LogP contribution in [-0.2, 0) is 6.54 Å². The van der Waals surface area contributed by atoms with Gasteiger partial charge in [-0.2, -0.15) is 0 Å². The van der Waals surface area contributed by atoms with Crippen LogP contribution < -0.4 is 10.2 Å². The molecule has 2 aliphatic rings. The van der Waals surface area contributed by atoms with E-state index in [1.807, 2.05) is 0 Å². The van der Waals surface area contributed by atoms with Crippen LogP contribution in [0.2, 0.25) is 0 Å². The average Bonchev–Trinajstić information content (AvgIpc) is 3.13. The highest BCUT2D eigenvalue weighted by atomic mass is 15.2. The predicted molar refractivity (Wildman–Crippen MR) is 76.9 cm³/mol. The molecule has 1 saturated heterocycles. The lowest BCUT2D eigenvalue weighted by molar-refractivity contribution is 0.625. The predicted octanol–water partition coefficient (Wildman–Crippen LogP) is 3.17. The zero-order valence-corrected chi connectivity index (χ0v) is 11.5. The first-order chi connectivity index (χ1) is 8.72. The van der Waals surface area contributed by atoms with Gasteiger partial charge in [0.25, 0.3) is 0 Å². The lowest BCUT2D eigenvalue weighted by Gasteiger charge is -2.24. The van der Waals surface area contributed by atoms with Crippen LogP contribution in [-0.4, -0.2) is 18.6 Å². The molecule has 2 unspecified atom stereocenters. The largest absolute Gasteiger partial charge is 0.369 e. The molecule has 1 saturated carbocycles. The molecule has 0 bridgehead atoms. The first kappa shape index (κ1) is 12.0. The first-order valence-electron chi connectivity index (χ1n) is 7.31. The van der Waals surface area contributed by atoms with E-state index in [1.165, 1.54) is 37.1 Å². The topological polar surface area (TPSA) is 15.3 Å². The number of hydrogen-bond donors (Lipinski definition) is 1. The second-order valence-electron chi connectivity index (χ2n) is 6.16. The van der Waals surface area contributed by atoms with Crippen molar-refractivity contribution in [1.82, 2.24) is 5.32 Å². The van der Waals surface area contributed by atoms with Crippen molar-refractivity contribution >= 4 is 5.69 Å². The Hall–Kier alpha value is -1.02. The molecule has 2 heteroatoms. The monoisotopic (exact) mass is 244 g/mol. The molecule has 0 spiro atoms. The molecule has 98 valence electrons. The second kappa shape index (κ2) is 4.93. The maximum atomic E-state index is 3.56. The van der Waals surface area contributed by atoms with Crippen LogP contribution in [0.5, 0.6) is 0 Å². The van der Waals surface area contributed by atoms with Crippen molar-refractivity contribution in [3.63, 3.8) is 0 Å². The van der Waals surface area contributed by atoms with Gasteiger partial charge in [0.1, 0.15) is 0 Å². The molecule has 1 aromatic carbocycles. The Morgan fingerprint density at radius 2 is 1.89 bits per heavy atom. The smallest absolute Gasteiger partial charge is 0.0368 e. The number of nitrogens with one attached hydrogen (secondary N) is 1. The van der Waals surface area contributed by atoms with E-state index in [2.05, 4.69) is 48.3 Å². The number of benzene rings is 1. The summed E-state index contributed by atoms with van der Waals surface area (Å²) in [6.07, 6.45) is 4.05. The van der Waals surface area contributed by atoms with E-state index in [0.29, 0.717) is 6.04 Å². The van der Waals surface area contributed by atoms with Gasteiger partial charge >= 0.3 is 0 Å². The number of rotatable bonds is 4. The number of nitrogens with zero attached hydrogens (tertiary/aromatic N) is 1. The van der Waals surface area contributed by atoms with Crippen LogP contribution in [0.3, 0.4) is 0 Å². The summed E-state index contributed by atoms with van der Waals surface area (Å²) in [7, 11) is 0. The molecule has 0 amide bonds. The third kappa shape index (κ3) is 2.69. The van der Waals surface area contributed by atoms with Crippen LogP contribution in [0.25, 0.3) is 0 Å². The minimum atomic E-state index is 0.690. The first-order valence-corrected chi connectivity index (χ1v) is 7.31. The molecule has 1 heterocycles. The summed E-state index contributed by atoms with van der Waals surface area (Å²) in [6, 6.07) is 10.6. The normalized spacial score (nSPS) is 27.8. The van der Waals surface area contributed by atoms with E-state index in [1.54, 1.807) is 0 Å². The van der Waals surface area contributed by atoms with Crippen LogP contribution >= 0.6 is 0 Å². The molecule has 18 heavy (non-hydrogen) atoms. The minimum absolute atomic E-state index is 0.690. The van der Waals surface area contributed by atoms with Gasteiger partial charge in [-0.25, -0.2) is 0 Å². The van der Waals surface area contributed by atoms with Crippen LogP contribution in [0.1, 0.15) is 38.7 Å². The molecule has 0 radical (unpaired) electrons. The van der Waals surface area contributed by atoms with Gasteiger partial charge in [0.05, 0.1) is 0 Å². The van der Waals surface area contributed by atoms with Crippen molar-refractivity contribution in [1.29, 1.82) is 0 Å². The fourth-order valence-electron chi connectivity index (χ4n) is 3.01. The van der Waals surface area contributed by atoms with Crippen LogP contribution in [0, 0.1) is 5.92 Å². The van der Waals surface area contributed by atoms with Gasteiger partial charge < -0.3 is 10.2 Å². The van der Waals surface area contributed by atoms with Gasteiger partial charge in [-0.1, -0.05) is 19.1 Å². The Kier molecular flexibility index (Phi) is 3.29. The van der Waals surface area contributed by atoms with Gasteiger partial charge in [-0.3, -0.25) is 0 Å². The standard InChI is InChI=1S/C16H24N2/c1-12-9-13(2)18(11-12)16-7-3-14(4-8-16)10-17-15-5-6-15/h3-4,7-8,12-13,15,17H,5-6,9-11H2,1-2H3. The number of anilines is 1. The molecule has 2 atom stereocenters. The van der Waals surface area contributed by atoms with Gasteiger partial charge in [0.15, 0.2) is 0 Å². The Balaban J connectivity index is 1.62. The van der Waals surface area contributed by atoms with Crippen molar-refractivity contribution in [2.24, 2.45) is 5.92 Å². The highest BCUT2D eigenvalue weighted by Gasteiger charge is 2.26. The molecular formula is C16H24N2. The van der Waals surface area contributed by atoms with Gasteiger partial charge in [0.2, 0.25) is 0 Å². The molecule has 3 rings (SSSR count). The Labute approximate surface area is 110 Å². The summed E-state index contributed by atoms with van der Waals surface area (Å²) in [6.45, 7) is 6.92. The summed E-state index contributed by atoms with van der Waals surface area (Å²) in [5.41, 5.74) is 2.80. The van der Waals surface area contributed by atoms with E-state index >= 15 is 0 Å². The van der Waals surface area contributed by atoms with E-state index in [4.69, 9.17) is 0 Å². The molecule has 1 N–H and O–H groups in total. The maximum absolute atomic E-state index is 3.56. The van der Waals surface area contributed by atoms with Crippen molar-refractivity contribution in [3.05, 3.63) is 29.8 Å². The van der Waals surface area contributed by atoms with E-state index in [9.17, 15) is 0 Å². The van der Waals surface area contributed by atoms with Crippen molar-refractivity contribution in [3.8, 4) is 0 Å². The summed E-state index contributed by atoms with van der Waals surface area (Å²) in [5, 5.41) is 3.56. The molecule has 1 aliphatic heterocycles. The van der Waals surface area contributed by atoms with Gasteiger partial charge in [0, 0.05) is 30.9 Å². The SMILES string of the molecule is CC1CC(C)N(c2ccc(CNC3CC3)cc2)C1. The van der Waals surface area contributed by atoms with Gasteiger partial charge in [-0.05, 0) is 49.8 Å². The maximum Gasteiger partial charge on any atom is 0.0368 e. The van der Waals surface area contributed by atoms with Crippen molar-refractivity contribution in [2.45, 2.75) is 51.7 Å². The third-order valence-electron chi connectivity index (χ3n) is 4.22. The van der Waals surface area contributed by atoms with Crippen LogP contribution in [0.4, 0.5) is 5.69 Å². The molecule has 2 nitrogen and oxygen atoms in total. The van der Waals surface area contributed by atoms with Crippen LogP contribution in [0.15, 0.2) is 24.3 Å². The van der Waals surface area contributed by atoms with Gasteiger partial charge in [-0.15, -0.1) is 0 Å². The lowest BCUT2D eigenvalue weighted by atomic mass is 10.1. The Morgan fingerprint density at radius 3 is 2.44 bits per heavy atom. The zero-order chi connectivity index (χ0) is 12.5. The molecule has 0 aromatic heterocycles. The zero-order valence-electron chi connectivity index (χ0n) is 11.5.